The predicted octanol–water partition coefficient (Wildman–Crippen LogP) is 2.30. The van der Waals surface area contributed by atoms with Gasteiger partial charge in [-0.25, -0.2) is 0 Å². The van der Waals surface area contributed by atoms with Gasteiger partial charge in [0.15, 0.2) is 0 Å². The van der Waals surface area contributed by atoms with Crippen LogP contribution in [0, 0.1) is 5.92 Å². The molecule has 0 saturated heterocycles. The van der Waals surface area contributed by atoms with Crippen LogP contribution >= 0.6 is 0 Å². The summed E-state index contributed by atoms with van der Waals surface area (Å²) in [5.74, 6) is -1.92. The zero-order valence-corrected chi connectivity index (χ0v) is 13.0. The van der Waals surface area contributed by atoms with Crippen molar-refractivity contribution in [2.75, 3.05) is 7.05 Å². The molecule has 0 bridgehead atoms. The highest BCUT2D eigenvalue weighted by Crippen LogP contribution is 2.32. The summed E-state index contributed by atoms with van der Waals surface area (Å²) in [4.78, 5) is 23.9. The van der Waals surface area contributed by atoms with E-state index in [-0.39, 0.29) is 11.5 Å². The zero-order chi connectivity index (χ0) is 17.8. The van der Waals surface area contributed by atoms with Crippen LogP contribution in [0.15, 0.2) is 18.2 Å². The molecule has 23 heavy (non-hydrogen) atoms. The SMILES string of the molecule is CNC(=O)[C@H](CC(C)C)NC(=O)c1ccc(C(F)(F)F)cc1O. The number of carbonyl (C=O) groups excluding carboxylic acids is 2. The van der Waals surface area contributed by atoms with Crippen LogP contribution < -0.4 is 10.6 Å². The average molecular weight is 332 g/mol. The molecule has 0 unspecified atom stereocenters. The molecule has 1 rings (SSSR count). The lowest BCUT2D eigenvalue weighted by molar-refractivity contribution is -0.137. The van der Waals surface area contributed by atoms with Crippen molar-refractivity contribution in [2.45, 2.75) is 32.5 Å². The summed E-state index contributed by atoms with van der Waals surface area (Å²) in [6, 6.07) is 1.22. The molecule has 0 heterocycles. The van der Waals surface area contributed by atoms with E-state index in [0.29, 0.717) is 18.6 Å². The first kappa shape index (κ1) is 18.8. The molecule has 0 saturated carbocycles. The molecule has 0 spiro atoms. The Morgan fingerprint density at radius 1 is 1.26 bits per heavy atom. The maximum Gasteiger partial charge on any atom is 0.416 e. The first-order valence-electron chi connectivity index (χ1n) is 6.99. The van der Waals surface area contributed by atoms with Gasteiger partial charge in [-0.3, -0.25) is 9.59 Å². The smallest absolute Gasteiger partial charge is 0.416 e. The second-order valence-electron chi connectivity index (χ2n) is 5.50. The lowest BCUT2D eigenvalue weighted by atomic mass is 10.0. The van der Waals surface area contributed by atoms with E-state index in [9.17, 15) is 27.9 Å². The van der Waals surface area contributed by atoms with Crippen LogP contribution in [0.3, 0.4) is 0 Å². The molecule has 0 aliphatic rings. The highest BCUT2D eigenvalue weighted by molar-refractivity contribution is 5.99. The maximum absolute atomic E-state index is 12.5. The van der Waals surface area contributed by atoms with Crippen molar-refractivity contribution in [1.29, 1.82) is 0 Å². The Bertz CT molecular complexity index is 586. The highest BCUT2D eigenvalue weighted by atomic mass is 19.4. The molecule has 128 valence electrons. The fourth-order valence-corrected chi connectivity index (χ4v) is 2.01. The average Bonchev–Trinajstić information content (AvgIpc) is 2.43. The molecule has 0 aliphatic carbocycles. The lowest BCUT2D eigenvalue weighted by Crippen LogP contribution is -2.46. The van der Waals surface area contributed by atoms with Gasteiger partial charge in [0.2, 0.25) is 5.91 Å². The fourth-order valence-electron chi connectivity index (χ4n) is 2.01. The summed E-state index contributed by atoms with van der Waals surface area (Å²) < 4.78 is 37.6. The largest absolute Gasteiger partial charge is 0.507 e. The number of carbonyl (C=O) groups is 2. The van der Waals surface area contributed by atoms with Gasteiger partial charge in [0.25, 0.3) is 5.91 Å². The number of likely N-dealkylation sites (N-methyl/N-ethyl adjacent to an activating group) is 1. The fraction of sp³-hybridized carbons (Fsp3) is 0.467. The molecule has 2 amide bonds. The summed E-state index contributed by atoms with van der Waals surface area (Å²) in [6.45, 7) is 3.72. The first-order valence-corrected chi connectivity index (χ1v) is 6.99. The third kappa shape index (κ3) is 5.15. The van der Waals surface area contributed by atoms with Crippen LogP contribution in [-0.2, 0) is 11.0 Å². The Labute approximate surface area is 131 Å². The van der Waals surface area contributed by atoms with Crippen molar-refractivity contribution in [1.82, 2.24) is 10.6 Å². The van der Waals surface area contributed by atoms with E-state index in [2.05, 4.69) is 10.6 Å². The zero-order valence-electron chi connectivity index (χ0n) is 13.0. The number of hydrogen-bond acceptors (Lipinski definition) is 3. The Hall–Kier alpha value is -2.25. The topological polar surface area (TPSA) is 78.4 Å². The van der Waals surface area contributed by atoms with E-state index in [1.165, 1.54) is 7.05 Å². The second-order valence-corrected chi connectivity index (χ2v) is 5.50. The number of aromatic hydroxyl groups is 1. The third-order valence-electron chi connectivity index (χ3n) is 3.15. The molecule has 0 fully saturated rings. The van der Waals surface area contributed by atoms with Gasteiger partial charge in [0.1, 0.15) is 11.8 Å². The third-order valence-corrected chi connectivity index (χ3v) is 3.15. The molecule has 8 heteroatoms. The number of alkyl halides is 3. The molecule has 3 N–H and O–H groups in total. The van der Waals surface area contributed by atoms with Gasteiger partial charge in [-0.2, -0.15) is 13.2 Å². The molecule has 1 aromatic carbocycles. The Morgan fingerprint density at radius 2 is 1.87 bits per heavy atom. The molecule has 1 aromatic rings. The molecule has 0 aliphatic heterocycles. The van der Waals surface area contributed by atoms with Crippen LogP contribution in [-0.4, -0.2) is 30.0 Å². The van der Waals surface area contributed by atoms with Gasteiger partial charge < -0.3 is 15.7 Å². The van der Waals surface area contributed by atoms with Gasteiger partial charge in [0, 0.05) is 7.05 Å². The number of hydrogen-bond donors (Lipinski definition) is 3. The number of amides is 2. The summed E-state index contributed by atoms with van der Waals surface area (Å²) in [7, 11) is 1.41. The van der Waals surface area contributed by atoms with Gasteiger partial charge in [-0.05, 0) is 30.5 Å². The predicted molar refractivity (Wildman–Crippen MR) is 77.9 cm³/mol. The minimum Gasteiger partial charge on any atom is -0.507 e. The van der Waals surface area contributed by atoms with Crippen LogP contribution in [0.4, 0.5) is 13.2 Å². The quantitative estimate of drug-likeness (QED) is 0.774. The van der Waals surface area contributed by atoms with E-state index in [4.69, 9.17) is 0 Å². The van der Waals surface area contributed by atoms with Crippen LogP contribution in [0.2, 0.25) is 0 Å². The van der Waals surface area contributed by atoms with Crippen molar-refractivity contribution in [3.05, 3.63) is 29.3 Å². The Morgan fingerprint density at radius 3 is 2.30 bits per heavy atom. The van der Waals surface area contributed by atoms with Crippen molar-refractivity contribution in [3.8, 4) is 5.75 Å². The van der Waals surface area contributed by atoms with Crippen molar-refractivity contribution >= 4 is 11.8 Å². The summed E-state index contributed by atoms with van der Waals surface area (Å²) in [5.41, 5.74) is -1.38. The van der Waals surface area contributed by atoms with Crippen LogP contribution in [0.5, 0.6) is 5.75 Å². The molecule has 1 atom stereocenters. The Kier molecular flexibility index (Phi) is 6.00. The molecule has 0 radical (unpaired) electrons. The normalized spacial score (nSPS) is 12.8. The van der Waals surface area contributed by atoms with Gasteiger partial charge in [0.05, 0.1) is 11.1 Å². The number of phenolic OH excluding ortho intramolecular Hbond substituents is 1. The van der Waals surface area contributed by atoms with Gasteiger partial charge in [-0.1, -0.05) is 13.8 Å². The standard InChI is InChI=1S/C15H19F3N2O3/c1-8(2)6-11(14(23)19-3)20-13(22)10-5-4-9(7-12(10)21)15(16,17)18/h4-5,7-8,11,21H,6H2,1-3H3,(H,19,23)(H,20,22)/t11-/m0/s1. The Balaban J connectivity index is 2.98. The van der Waals surface area contributed by atoms with E-state index < -0.39 is 35.3 Å². The first-order chi connectivity index (χ1) is 10.6. The number of benzene rings is 1. The summed E-state index contributed by atoms with van der Waals surface area (Å²) in [5, 5.41) is 14.5. The highest BCUT2D eigenvalue weighted by Gasteiger charge is 2.32. The monoisotopic (exact) mass is 332 g/mol. The van der Waals surface area contributed by atoms with Crippen molar-refractivity contribution < 1.29 is 27.9 Å². The second kappa shape index (κ2) is 7.34. The van der Waals surface area contributed by atoms with E-state index in [0.717, 1.165) is 6.07 Å². The molecule has 5 nitrogen and oxygen atoms in total. The van der Waals surface area contributed by atoms with Crippen LogP contribution in [0.1, 0.15) is 36.2 Å². The number of phenols is 1. The van der Waals surface area contributed by atoms with E-state index in [1.807, 2.05) is 13.8 Å². The number of halogens is 3. The van der Waals surface area contributed by atoms with E-state index >= 15 is 0 Å². The molecular formula is C15H19F3N2O3. The summed E-state index contributed by atoms with van der Waals surface area (Å²) >= 11 is 0. The number of rotatable bonds is 5. The van der Waals surface area contributed by atoms with Gasteiger partial charge >= 0.3 is 6.18 Å². The van der Waals surface area contributed by atoms with E-state index in [1.54, 1.807) is 0 Å². The lowest BCUT2D eigenvalue weighted by Gasteiger charge is -2.19. The molecular weight excluding hydrogens is 313 g/mol. The van der Waals surface area contributed by atoms with Crippen LogP contribution in [0.25, 0.3) is 0 Å². The number of nitrogens with one attached hydrogen (secondary N) is 2. The minimum atomic E-state index is -4.62. The maximum atomic E-state index is 12.5. The summed E-state index contributed by atoms with van der Waals surface area (Å²) in [6.07, 6.45) is -4.26. The van der Waals surface area contributed by atoms with Crippen molar-refractivity contribution in [2.24, 2.45) is 5.92 Å². The van der Waals surface area contributed by atoms with Crippen molar-refractivity contribution in [3.63, 3.8) is 0 Å². The molecule has 0 aromatic heterocycles. The minimum absolute atomic E-state index is 0.110. The van der Waals surface area contributed by atoms with Gasteiger partial charge in [-0.15, -0.1) is 0 Å².